The zero-order valence-electron chi connectivity index (χ0n) is 8.11. The Morgan fingerprint density at radius 2 is 2.18 bits per heavy atom. The highest BCUT2D eigenvalue weighted by Gasteiger charge is 2.26. The number of hydrogen-bond acceptors (Lipinski definition) is 1. The van der Waals surface area contributed by atoms with Crippen molar-refractivity contribution in [3.05, 3.63) is 0 Å². The molecule has 1 fully saturated rings. The van der Waals surface area contributed by atoms with E-state index in [-0.39, 0.29) is 0 Å². The molecule has 0 aliphatic carbocycles. The Hall–Kier alpha value is -0.0400. The fourth-order valence-corrected chi connectivity index (χ4v) is 2.28. The molecule has 66 valence electrons. The number of hydrogen-bond donors (Lipinski definition) is 1. The number of nitrogens with one attached hydrogen (secondary N) is 1. The quantitative estimate of drug-likeness (QED) is 0.646. The van der Waals surface area contributed by atoms with E-state index in [2.05, 4.69) is 26.1 Å². The molecular weight excluding hydrogens is 134 g/mol. The highest BCUT2D eigenvalue weighted by molar-refractivity contribution is 4.81. The van der Waals surface area contributed by atoms with Crippen LogP contribution in [0, 0.1) is 11.3 Å². The van der Waals surface area contributed by atoms with E-state index in [9.17, 15) is 0 Å². The summed E-state index contributed by atoms with van der Waals surface area (Å²) in [4.78, 5) is 0. The van der Waals surface area contributed by atoms with Crippen molar-refractivity contribution >= 4 is 0 Å². The van der Waals surface area contributed by atoms with Gasteiger partial charge in [-0.25, -0.2) is 0 Å². The summed E-state index contributed by atoms with van der Waals surface area (Å²) in [6.07, 6.45) is 4.15. The first kappa shape index (κ1) is 9.05. The summed E-state index contributed by atoms with van der Waals surface area (Å²) in [5, 5.41) is 3.48. The molecule has 1 aliphatic heterocycles. The van der Waals surface area contributed by atoms with Crippen LogP contribution in [0.3, 0.4) is 0 Å². The summed E-state index contributed by atoms with van der Waals surface area (Å²) in [5.74, 6) is 0.847. The van der Waals surface area contributed by atoms with Gasteiger partial charge in [0.2, 0.25) is 0 Å². The highest BCUT2D eigenvalue weighted by atomic mass is 14.9. The van der Waals surface area contributed by atoms with Crippen LogP contribution in [-0.2, 0) is 0 Å². The molecule has 1 atom stereocenters. The van der Waals surface area contributed by atoms with E-state index in [1.165, 1.54) is 32.4 Å². The van der Waals surface area contributed by atoms with Gasteiger partial charge in [0.1, 0.15) is 0 Å². The van der Waals surface area contributed by atoms with Crippen molar-refractivity contribution in [1.82, 2.24) is 5.32 Å². The predicted molar refractivity (Wildman–Crippen MR) is 49.7 cm³/mol. The maximum absolute atomic E-state index is 3.48. The smallest absolute Gasteiger partial charge is 0.000527 e. The molecule has 0 radical (unpaired) electrons. The second kappa shape index (κ2) is 3.57. The minimum absolute atomic E-state index is 0.590. The first-order valence-electron chi connectivity index (χ1n) is 4.83. The predicted octanol–water partition coefficient (Wildman–Crippen LogP) is 2.42. The van der Waals surface area contributed by atoms with Gasteiger partial charge in [-0.2, -0.15) is 0 Å². The Labute approximate surface area is 70.6 Å². The summed E-state index contributed by atoms with van der Waals surface area (Å²) in [6.45, 7) is 9.51. The van der Waals surface area contributed by atoms with Crippen molar-refractivity contribution < 1.29 is 0 Å². The molecule has 0 bridgehead atoms. The molecule has 1 nitrogen and oxygen atoms in total. The van der Waals surface area contributed by atoms with Crippen LogP contribution in [0.5, 0.6) is 0 Å². The van der Waals surface area contributed by atoms with Gasteiger partial charge in [0.25, 0.3) is 0 Å². The maximum Gasteiger partial charge on any atom is 0.000527 e. The number of piperidine rings is 1. The maximum atomic E-state index is 3.48. The lowest BCUT2D eigenvalue weighted by Crippen LogP contribution is -2.38. The first-order chi connectivity index (χ1) is 5.12. The largest absolute Gasteiger partial charge is 0.316 e. The molecule has 1 rings (SSSR count). The van der Waals surface area contributed by atoms with Gasteiger partial charge >= 0.3 is 0 Å². The lowest BCUT2D eigenvalue weighted by molar-refractivity contribution is 0.192. The van der Waals surface area contributed by atoms with Gasteiger partial charge < -0.3 is 5.32 Å². The van der Waals surface area contributed by atoms with Crippen molar-refractivity contribution in [3.63, 3.8) is 0 Å². The van der Waals surface area contributed by atoms with Gasteiger partial charge in [0, 0.05) is 6.54 Å². The topological polar surface area (TPSA) is 12.0 Å². The van der Waals surface area contributed by atoms with Gasteiger partial charge in [-0.15, -0.1) is 0 Å². The van der Waals surface area contributed by atoms with E-state index in [1.54, 1.807) is 0 Å². The zero-order valence-corrected chi connectivity index (χ0v) is 8.11. The molecule has 0 unspecified atom stereocenters. The van der Waals surface area contributed by atoms with E-state index >= 15 is 0 Å². The molecule has 1 N–H and O–H groups in total. The van der Waals surface area contributed by atoms with Crippen molar-refractivity contribution in [2.24, 2.45) is 11.3 Å². The van der Waals surface area contributed by atoms with Gasteiger partial charge in [-0.1, -0.05) is 20.8 Å². The van der Waals surface area contributed by atoms with Crippen LogP contribution in [0.25, 0.3) is 0 Å². The Morgan fingerprint density at radius 3 is 2.64 bits per heavy atom. The summed E-state index contributed by atoms with van der Waals surface area (Å²) in [5.41, 5.74) is 0.590. The molecule has 1 heteroatoms. The molecule has 0 amide bonds. The Balaban J connectivity index is 2.37. The van der Waals surface area contributed by atoms with Gasteiger partial charge in [0.05, 0.1) is 0 Å². The van der Waals surface area contributed by atoms with Crippen molar-refractivity contribution in [2.45, 2.75) is 40.0 Å². The second-order valence-corrected chi connectivity index (χ2v) is 4.69. The minimum Gasteiger partial charge on any atom is -0.316 e. The molecule has 0 aromatic heterocycles. The van der Waals surface area contributed by atoms with Crippen LogP contribution in [0.15, 0.2) is 0 Å². The lowest BCUT2D eigenvalue weighted by atomic mass is 9.76. The average molecular weight is 155 g/mol. The molecule has 0 aromatic carbocycles. The third-order valence-electron chi connectivity index (χ3n) is 2.59. The van der Waals surface area contributed by atoms with Gasteiger partial charge in [-0.05, 0) is 37.1 Å². The van der Waals surface area contributed by atoms with E-state index in [0.717, 1.165) is 5.92 Å². The normalized spacial score (nSPS) is 32.7. The van der Waals surface area contributed by atoms with Crippen LogP contribution in [0.1, 0.15) is 40.0 Å². The highest BCUT2D eigenvalue weighted by Crippen LogP contribution is 2.32. The summed E-state index contributed by atoms with van der Waals surface area (Å²) >= 11 is 0. The van der Waals surface area contributed by atoms with Crippen LogP contribution in [-0.4, -0.2) is 13.1 Å². The third kappa shape index (κ3) is 2.82. The standard InChI is InChI=1S/C10H21N/c1-9(2)7-10(3)5-4-6-11-8-10/h9,11H,4-8H2,1-3H3/t10-/m0/s1. The molecule has 11 heavy (non-hydrogen) atoms. The van der Waals surface area contributed by atoms with E-state index < -0.39 is 0 Å². The summed E-state index contributed by atoms with van der Waals surface area (Å²) < 4.78 is 0. The molecule has 0 saturated carbocycles. The van der Waals surface area contributed by atoms with Crippen LogP contribution < -0.4 is 5.32 Å². The lowest BCUT2D eigenvalue weighted by Gasteiger charge is -2.35. The zero-order chi connectivity index (χ0) is 8.32. The second-order valence-electron chi connectivity index (χ2n) is 4.69. The summed E-state index contributed by atoms with van der Waals surface area (Å²) in [7, 11) is 0. The van der Waals surface area contributed by atoms with Crippen molar-refractivity contribution in [1.29, 1.82) is 0 Å². The monoisotopic (exact) mass is 155 g/mol. The molecule has 1 heterocycles. The SMILES string of the molecule is CC(C)C[C@]1(C)CCCNC1. The fourth-order valence-electron chi connectivity index (χ4n) is 2.28. The molecule has 1 saturated heterocycles. The van der Waals surface area contributed by atoms with Gasteiger partial charge in [-0.3, -0.25) is 0 Å². The molecule has 0 aromatic rings. The van der Waals surface area contributed by atoms with Crippen molar-refractivity contribution in [2.75, 3.05) is 13.1 Å². The Kier molecular flexibility index (Phi) is 2.94. The summed E-state index contributed by atoms with van der Waals surface area (Å²) in [6, 6.07) is 0. The fraction of sp³-hybridized carbons (Fsp3) is 1.00. The minimum atomic E-state index is 0.590. The average Bonchev–Trinajstić information content (AvgIpc) is 1.85. The van der Waals surface area contributed by atoms with E-state index in [4.69, 9.17) is 0 Å². The van der Waals surface area contributed by atoms with Crippen LogP contribution in [0.4, 0.5) is 0 Å². The van der Waals surface area contributed by atoms with E-state index in [0.29, 0.717) is 5.41 Å². The van der Waals surface area contributed by atoms with Crippen molar-refractivity contribution in [3.8, 4) is 0 Å². The first-order valence-corrected chi connectivity index (χ1v) is 4.83. The Morgan fingerprint density at radius 1 is 1.45 bits per heavy atom. The van der Waals surface area contributed by atoms with Crippen LogP contribution >= 0.6 is 0 Å². The molecule has 1 aliphatic rings. The molecule has 0 spiro atoms. The van der Waals surface area contributed by atoms with Crippen LogP contribution in [0.2, 0.25) is 0 Å². The van der Waals surface area contributed by atoms with Gasteiger partial charge in [0.15, 0.2) is 0 Å². The Bertz CT molecular complexity index is 112. The van der Waals surface area contributed by atoms with E-state index in [1.807, 2.05) is 0 Å². The third-order valence-corrected chi connectivity index (χ3v) is 2.59. The molecular formula is C10H21N. The number of rotatable bonds is 2.